The van der Waals surface area contributed by atoms with Crippen LogP contribution >= 0.6 is 0 Å². The number of hydrogen-bond donors (Lipinski definition) is 1. The Hall–Kier alpha value is -2.82. The molecule has 2 unspecified atom stereocenters. The molecule has 168 valence electrons. The number of carbonyl (C=O) groups excluding carboxylic acids is 2. The van der Waals surface area contributed by atoms with Crippen LogP contribution in [0.15, 0.2) is 48.5 Å². The Bertz CT molecular complexity index is 851. The first-order chi connectivity index (χ1) is 14.9. The van der Waals surface area contributed by atoms with Crippen molar-refractivity contribution < 1.29 is 14.3 Å². The van der Waals surface area contributed by atoms with Crippen LogP contribution in [0.4, 0.5) is 0 Å². The third kappa shape index (κ3) is 7.12. The van der Waals surface area contributed by atoms with Crippen molar-refractivity contribution in [3.63, 3.8) is 0 Å². The monoisotopic (exact) mass is 424 g/mol. The number of amides is 2. The van der Waals surface area contributed by atoms with Crippen molar-refractivity contribution >= 4 is 11.8 Å². The molecule has 0 aliphatic carbocycles. The molecule has 0 aliphatic heterocycles. The molecule has 0 saturated heterocycles. The van der Waals surface area contributed by atoms with E-state index >= 15 is 0 Å². The molecule has 2 rings (SSSR count). The van der Waals surface area contributed by atoms with Crippen molar-refractivity contribution in [2.24, 2.45) is 0 Å². The zero-order valence-electron chi connectivity index (χ0n) is 19.5. The average molecular weight is 425 g/mol. The highest BCUT2D eigenvalue weighted by molar-refractivity contribution is 5.88. The number of benzene rings is 2. The van der Waals surface area contributed by atoms with Crippen molar-refractivity contribution in [2.45, 2.75) is 66.0 Å². The molecule has 5 nitrogen and oxygen atoms in total. The van der Waals surface area contributed by atoms with Gasteiger partial charge >= 0.3 is 0 Å². The summed E-state index contributed by atoms with van der Waals surface area (Å²) in [6, 6.07) is 15.4. The summed E-state index contributed by atoms with van der Waals surface area (Å²) in [5.41, 5.74) is 3.27. The van der Waals surface area contributed by atoms with Crippen LogP contribution in [0.5, 0.6) is 5.75 Å². The van der Waals surface area contributed by atoms with Gasteiger partial charge in [0.25, 0.3) is 5.91 Å². The van der Waals surface area contributed by atoms with Crippen LogP contribution < -0.4 is 10.1 Å². The minimum absolute atomic E-state index is 0.0684. The first-order valence-electron chi connectivity index (χ1n) is 11.2. The zero-order valence-corrected chi connectivity index (χ0v) is 19.5. The van der Waals surface area contributed by atoms with Crippen molar-refractivity contribution in [2.75, 3.05) is 13.2 Å². The van der Waals surface area contributed by atoms with Gasteiger partial charge in [0.05, 0.1) is 0 Å². The van der Waals surface area contributed by atoms with Crippen LogP contribution in [-0.2, 0) is 16.0 Å². The Labute approximate surface area is 186 Å². The minimum atomic E-state index is -0.521. The van der Waals surface area contributed by atoms with Crippen molar-refractivity contribution in [1.29, 1.82) is 0 Å². The molecule has 0 heterocycles. The van der Waals surface area contributed by atoms with Gasteiger partial charge in [-0.15, -0.1) is 0 Å². The minimum Gasteiger partial charge on any atom is -0.483 e. The molecule has 2 aromatic rings. The third-order valence-corrected chi connectivity index (χ3v) is 5.78. The second-order valence-electron chi connectivity index (χ2n) is 8.05. The second kappa shape index (κ2) is 12.1. The van der Waals surface area contributed by atoms with E-state index < -0.39 is 6.04 Å². The van der Waals surface area contributed by atoms with E-state index in [4.69, 9.17) is 4.74 Å². The number of carbonyl (C=O) groups is 2. The van der Waals surface area contributed by atoms with Gasteiger partial charge in [-0.05, 0) is 62.8 Å². The van der Waals surface area contributed by atoms with Gasteiger partial charge in [-0.25, -0.2) is 0 Å². The van der Waals surface area contributed by atoms with E-state index in [2.05, 4.69) is 5.32 Å². The smallest absolute Gasteiger partial charge is 0.261 e. The lowest BCUT2D eigenvalue weighted by Gasteiger charge is -2.31. The highest BCUT2D eigenvalue weighted by atomic mass is 16.5. The molecule has 0 radical (unpaired) electrons. The Morgan fingerprint density at radius 3 is 2.35 bits per heavy atom. The molecule has 0 fully saturated rings. The van der Waals surface area contributed by atoms with Crippen LogP contribution in [0.25, 0.3) is 0 Å². The zero-order chi connectivity index (χ0) is 22.8. The number of nitrogens with zero attached hydrogens (tertiary/aromatic N) is 1. The van der Waals surface area contributed by atoms with Crippen molar-refractivity contribution in [3.05, 3.63) is 65.2 Å². The molecule has 0 aromatic heterocycles. The van der Waals surface area contributed by atoms with Gasteiger partial charge in [-0.1, -0.05) is 56.3 Å². The molecule has 0 aliphatic rings. The predicted molar refractivity (Wildman–Crippen MR) is 125 cm³/mol. The van der Waals surface area contributed by atoms with Gasteiger partial charge in [-0.3, -0.25) is 9.59 Å². The fraction of sp³-hybridized carbons (Fsp3) is 0.462. The summed E-state index contributed by atoms with van der Waals surface area (Å²) in [4.78, 5) is 27.8. The molecule has 2 amide bonds. The van der Waals surface area contributed by atoms with Gasteiger partial charge < -0.3 is 15.0 Å². The fourth-order valence-electron chi connectivity index (χ4n) is 3.44. The topological polar surface area (TPSA) is 58.6 Å². The maximum atomic E-state index is 13.2. The Kier molecular flexibility index (Phi) is 9.57. The number of nitrogens with one attached hydrogen (secondary N) is 1. The van der Waals surface area contributed by atoms with E-state index in [1.165, 1.54) is 0 Å². The van der Waals surface area contributed by atoms with Crippen LogP contribution in [-0.4, -0.2) is 41.9 Å². The highest BCUT2D eigenvalue weighted by Gasteiger charge is 2.29. The lowest BCUT2D eigenvalue weighted by molar-refractivity contribution is -0.142. The van der Waals surface area contributed by atoms with E-state index in [-0.39, 0.29) is 24.5 Å². The van der Waals surface area contributed by atoms with Crippen LogP contribution in [0, 0.1) is 13.8 Å². The van der Waals surface area contributed by atoms with Crippen LogP contribution in [0.2, 0.25) is 0 Å². The Balaban J connectivity index is 2.16. The molecule has 2 aromatic carbocycles. The lowest BCUT2D eigenvalue weighted by Crippen LogP contribution is -2.52. The standard InChI is InChI=1S/C26H36N2O3/c1-6-20(4)27-26(30)23(7-2)28(17-16-22-13-9-8-10-14-22)25(29)18-31-24-15-11-12-19(3)21(24)5/h8-15,20,23H,6-7,16-18H2,1-5H3,(H,27,30). The van der Waals surface area contributed by atoms with Gasteiger partial charge in [0.15, 0.2) is 6.61 Å². The van der Waals surface area contributed by atoms with Gasteiger partial charge in [0, 0.05) is 12.6 Å². The van der Waals surface area contributed by atoms with Crippen LogP contribution in [0.3, 0.4) is 0 Å². The predicted octanol–water partition coefficient (Wildman–Crippen LogP) is 4.45. The molecule has 0 spiro atoms. The highest BCUT2D eigenvalue weighted by Crippen LogP contribution is 2.21. The van der Waals surface area contributed by atoms with Crippen molar-refractivity contribution in [1.82, 2.24) is 10.2 Å². The number of aryl methyl sites for hydroxylation is 1. The first-order valence-corrected chi connectivity index (χ1v) is 11.2. The Morgan fingerprint density at radius 1 is 1.00 bits per heavy atom. The second-order valence-corrected chi connectivity index (χ2v) is 8.05. The first kappa shape index (κ1) is 24.4. The van der Waals surface area contributed by atoms with E-state index in [9.17, 15) is 9.59 Å². The molecule has 1 N–H and O–H groups in total. The maximum Gasteiger partial charge on any atom is 0.261 e. The quantitative estimate of drug-likeness (QED) is 0.580. The molecule has 2 atom stereocenters. The van der Waals surface area contributed by atoms with E-state index in [0.29, 0.717) is 25.1 Å². The number of ether oxygens (including phenoxy) is 1. The molecule has 5 heteroatoms. The van der Waals surface area contributed by atoms with Gasteiger partial charge in [0.1, 0.15) is 11.8 Å². The third-order valence-electron chi connectivity index (χ3n) is 5.78. The summed E-state index contributed by atoms with van der Waals surface area (Å²) in [5.74, 6) is 0.418. The normalized spacial score (nSPS) is 12.7. The summed E-state index contributed by atoms with van der Waals surface area (Å²) in [7, 11) is 0. The molecule has 31 heavy (non-hydrogen) atoms. The molecular formula is C26H36N2O3. The van der Waals surface area contributed by atoms with Crippen molar-refractivity contribution in [3.8, 4) is 5.75 Å². The summed E-state index contributed by atoms with van der Waals surface area (Å²) in [6.45, 7) is 10.3. The lowest BCUT2D eigenvalue weighted by atomic mass is 10.1. The molecule has 0 saturated carbocycles. The average Bonchev–Trinajstić information content (AvgIpc) is 2.77. The summed E-state index contributed by atoms with van der Waals surface area (Å²) in [6.07, 6.45) is 2.07. The van der Waals surface area contributed by atoms with Crippen LogP contribution in [0.1, 0.15) is 50.3 Å². The van der Waals surface area contributed by atoms with Gasteiger partial charge in [-0.2, -0.15) is 0 Å². The fourth-order valence-corrected chi connectivity index (χ4v) is 3.44. The van der Waals surface area contributed by atoms with E-state index in [1.807, 2.05) is 83.1 Å². The SMILES string of the molecule is CCC(C)NC(=O)C(CC)N(CCc1ccccc1)C(=O)COc1cccc(C)c1C. The Morgan fingerprint density at radius 2 is 1.71 bits per heavy atom. The largest absolute Gasteiger partial charge is 0.483 e. The molecule has 0 bridgehead atoms. The van der Waals surface area contributed by atoms with E-state index in [0.717, 1.165) is 23.1 Å². The number of hydrogen-bond acceptors (Lipinski definition) is 3. The summed E-state index contributed by atoms with van der Waals surface area (Å²) < 4.78 is 5.87. The van der Waals surface area contributed by atoms with Gasteiger partial charge in [0.2, 0.25) is 5.91 Å². The molecular weight excluding hydrogens is 388 g/mol. The number of rotatable bonds is 11. The maximum absolute atomic E-state index is 13.2. The summed E-state index contributed by atoms with van der Waals surface area (Å²) in [5, 5.41) is 3.03. The summed E-state index contributed by atoms with van der Waals surface area (Å²) >= 11 is 0. The van der Waals surface area contributed by atoms with E-state index in [1.54, 1.807) is 4.90 Å².